The van der Waals surface area contributed by atoms with E-state index in [4.69, 9.17) is 0 Å². The molecule has 0 saturated heterocycles. The first-order chi connectivity index (χ1) is 5.83. The van der Waals surface area contributed by atoms with E-state index in [-0.39, 0.29) is 0 Å². The molecule has 0 spiro atoms. The minimum atomic E-state index is 1.60. The van der Waals surface area contributed by atoms with E-state index in [2.05, 4.69) is 11.6 Å². The molecule has 0 amide bonds. The molecule has 1 aromatic heterocycles. The van der Waals surface area contributed by atoms with Crippen molar-refractivity contribution in [3.8, 4) is 0 Å². The van der Waals surface area contributed by atoms with E-state index < -0.39 is 0 Å². The van der Waals surface area contributed by atoms with Gasteiger partial charge in [-0.2, -0.15) is 0 Å². The van der Waals surface area contributed by atoms with Gasteiger partial charge in [0.25, 0.3) is 0 Å². The lowest BCUT2D eigenvalue weighted by atomic mass is 10.6. The third-order valence-corrected chi connectivity index (χ3v) is 1.20. The van der Waals surface area contributed by atoms with Crippen molar-refractivity contribution in [2.45, 2.75) is 20.8 Å². The zero-order valence-corrected chi connectivity index (χ0v) is 8.84. The van der Waals surface area contributed by atoms with Crippen LogP contribution in [-0.2, 0) is 0 Å². The molecular weight excluding hydrogens is 166 g/mol. The van der Waals surface area contributed by atoms with E-state index in [1.54, 1.807) is 29.1 Å². The zero-order valence-electron chi connectivity index (χ0n) is 8.03. The number of aromatic nitrogens is 1. The Balaban J connectivity index is 0. The minimum absolute atomic E-state index is 1.60. The Morgan fingerprint density at radius 2 is 1.75 bits per heavy atom. The van der Waals surface area contributed by atoms with Crippen LogP contribution in [0.5, 0.6) is 0 Å². The first kappa shape index (κ1) is 13.7. The lowest BCUT2D eigenvalue weighted by Gasteiger charge is -1.49. The van der Waals surface area contributed by atoms with Crippen molar-refractivity contribution in [2.75, 3.05) is 0 Å². The van der Waals surface area contributed by atoms with Crippen LogP contribution in [0.2, 0.25) is 0 Å². The topological polar surface area (TPSA) is 12.9 Å². The van der Waals surface area contributed by atoms with Crippen molar-refractivity contribution < 1.29 is 0 Å². The van der Waals surface area contributed by atoms with E-state index in [1.807, 2.05) is 38.3 Å². The molecule has 0 bridgehead atoms. The Bertz CT molecular complexity index is 145. The molecule has 0 aliphatic heterocycles. The SMILES string of the molecule is C=CC.CC=CC.c1cscn1. The maximum Gasteiger partial charge on any atom is 0.0791 e. The van der Waals surface area contributed by atoms with Crippen molar-refractivity contribution in [3.05, 3.63) is 41.9 Å². The molecule has 68 valence electrons. The third kappa shape index (κ3) is 22.9. The van der Waals surface area contributed by atoms with E-state index in [1.165, 1.54) is 0 Å². The standard InChI is InChI=1S/C4H8.C3H3NS.C3H6/c1-3-4-2;1-2-5-3-4-1;1-3-2/h3-4H,1-2H3;1-3H;3H,1H2,2H3. The van der Waals surface area contributed by atoms with Crippen molar-refractivity contribution >= 4 is 11.3 Å². The van der Waals surface area contributed by atoms with E-state index in [9.17, 15) is 0 Å². The minimum Gasteiger partial charge on any atom is -0.253 e. The number of hydrogen-bond acceptors (Lipinski definition) is 2. The van der Waals surface area contributed by atoms with Gasteiger partial charge in [-0.05, 0) is 20.8 Å². The van der Waals surface area contributed by atoms with Gasteiger partial charge in [0, 0.05) is 11.6 Å². The zero-order chi connectivity index (χ0) is 9.66. The number of hydrogen-bond donors (Lipinski definition) is 0. The van der Waals surface area contributed by atoms with Crippen LogP contribution in [0, 0.1) is 0 Å². The summed E-state index contributed by atoms with van der Waals surface area (Å²) in [5.74, 6) is 0. The van der Waals surface area contributed by atoms with Gasteiger partial charge < -0.3 is 0 Å². The monoisotopic (exact) mass is 183 g/mol. The fourth-order valence-electron chi connectivity index (χ4n) is 0.176. The quantitative estimate of drug-likeness (QED) is 0.556. The molecule has 0 N–H and O–H groups in total. The van der Waals surface area contributed by atoms with Crippen LogP contribution in [0.4, 0.5) is 0 Å². The Labute approximate surface area is 79.5 Å². The fourth-order valence-corrected chi connectivity index (χ4v) is 0.527. The van der Waals surface area contributed by atoms with Crippen LogP contribution in [0.1, 0.15) is 20.8 Å². The Morgan fingerprint density at radius 1 is 1.25 bits per heavy atom. The van der Waals surface area contributed by atoms with Crippen LogP contribution < -0.4 is 0 Å². The van der Waals surface area contributed by atoms with Gasteiger partial charge >= 0.3 is 0 Å². The van der Waals surface area contributed by atoms with Gasteiger partial charge in [0.15, 0.2) is 0 Å². The molecule has 1 nitrogen and oxygen atoms in total. The summed E-state index contributed by atoms with van der Waals surface area (Å²) < 4.78 is 0. The maximum atomic E-state index is 3.74. The number of rotatable bonds is 0. The summed E-state index contributed by atoms with van der Waals surface area (Å²) in [5.41, 5.74) is 1.79. The summed E-state index contributed by atoms with van der Waals surface area (Å²) in [6, 6.07) is 0. The number of nitrogens with zero attached hydrogens (tertiary/aromatic N) is 1. The highest BCUT2D eigenvalue weighted by Crippen LogP contribution is 1.85. The highest BCUT2D eigenvalue weighted by atomic mass is 32.1. The molecule has 0 saturated carbocycles. The van der Waals surface area contributed by atoms with Crippen molar-refractivity contribution in [2.24, 2.45) is 0 Å². The van der Waals surface area contributed by atoms with Crippen LogP contribution in [0.3, 0.4) is 0 Å². The molecule has 12 heavy (non-hydrogen) atoms. The van der Waals surface area contributed by atoms with Crippen molar-refractivity contribution in [1.82, 2.24) is 4.98 Å². The second-order valence-electron chi connectivity index (χ2n) is 1.75. The number of thiazole rings is 1. The molecule has 0 aliphatic rings. The van der Waals surface area contributed by atoms with Crippen molar-refractivity contribution in [1.29, 1.82) is 0 Å². The van der Waals surface area contributed by atoms with Crippen molar-refractivity contribution in [3.63, 3.8) is 0 Å². The van der Waals surface area contributed by atoms with Crippen LogP contribution in [-0.4, -0.2) is 4.98 Å². The molecule has 0 fully saturated rings. The highest BCUT2D eigenvalue weighted by Gasteiger charge is 1.59. The van der Waals surface area contributed by atoms with Gasteiger partial charge in [0.1, 0.15) is 0 Å². The molecule has 1 aromatic rings. The second-order valence-corrected chi connectivity index (χ2v) is 2.51. The molecule has 0 unspecified atom stereocenters. The largest absolute Gasteiger partial charge is 0.253 e. The summed E-state index contributed by atoms with van der Waals surface area (Å²) >= 11 is 1.60. The summed E-state index contributed by atoms with van der Waals surface area (Å²) in [7, 11) is 0. The Morgan fingerprint density at radius 3 is 1.83 bits per heavy atom. The van der Waals surface area contributed by atoms with Gasteiger partial charge in [-0.3, -0.25) is 4.98 Å². The lowest BCUT2D eigenvalue weighted by Crippen LogP contribution is -1.38. The molecular formula is C10H17NS. The van der Waals surface area contributed by atoms with E-state index in [0.717, 1.165) is 0 Å². The molecule has 2 heteroatoms. The summed E-state index contributed by atoms with van der Waals surface area (Å²) in [6.07, 6.45) is 7.52. The first-order valence-corrected chi connectivity index (χ1v) is 4.74. The molecule has 0 aromatic carbocycles. The molecule has 0 radical (unpaired) electrons. The van der Waals surface area contributed by atoms with E-state index >= 15 is 0 Å². The fraction of sp³-hybridized carbons (Fsp3) is 0.300. The van der Waals surface area contributed by atoms with Gasteiger partial charge in [0.05, 0.1) is 5.51 Å². The van der Waals surface area contributed by atoms with Crippen LogP contribution in [0.25, 0.3) is 0 Å². The second kappa shape index (κ2) is 16.6. The van der Waals surface area contributed by atoms with Gasteiger partial charge in [-0.25, -0.2) is 0 Å². The van der Waals surface area contributed by atoms with Gasteiger partial charge in [-0.1, -0.05) is 18.2 Å². The molecule has 0 atom stereocenters. The summed E-state index contributed by atoms with van der Waals surface area (Å²) in [5, 5.41) is 1.93. The summed E-state index contributed by atoms with van der Waals surface area (Å²) in [6.45, 7) is 9.25. The Hall–Kier alpha value is -0.890. The number of allylic oxidation sites excluding steroid dienone is 3. The Kier molecular flexibility index (Phi) is 18.9. The average molecular weight is 183 g/mol. The maximum absolute atomic E-state index is 3.74. The molecule has 1 heterocycles. The van der Waals surface area contributed by atoms with Crippen LogP contribution >= 0.6 is 11.3 Å². The predicted octanol–water partition coefficient (Wildman–Crippen LogP) is 3.92. The van der Waals surface area contributed by atoms with Crippen LogP contribution in [0.15, 0.2) is 41.9 Å². The third-order valence-electron chi connectivity index (χ3n) is 0.681. The summed E-state index contributed by atoms with van der Waals surface area (Å²) in [4.78, 5) is 3.74. The lowest BCUT2D eigenvalue weighted by molar-refractivity contribution is 1.43. The highest BCUT2D eigenvalue weighted by molar-refractivity contribution is 7.07. The van der Waals surface area contributed by atoms with E-state index in [0.29, 0.717) is 0 Å². The normalized spacial score (nSPS) is 7.58. The predicted molar refractivity (Wildman–Crippen MR) is 58.5 cm³/mol. The van der Waals surface area contributed by atoms with Gasteiger partial charge in [0.2, 0.25) is 0 Å². The average Bonchev–Trinajstić information content (AvgIpc) is 2.62. The first-order valence-electron chi connectivity index (χ1n) is 3.79. The smallest absolute Gasteiger partial charge is 0.0791 e. The molecule has 1 rings (SSSR count). The van der Waals surface area contributed by atoms with Gasteiger partial charge in [-0.15, -0.1) is 17.9 Å². The molecule has 0 aliphatic carbocycles.